The van der Waals surface area contributed by atoms with Gasteiger partial charge in [-0.2, -0.15) is 5.10 Å². The summed E-state index contributed by atoms with van der Waals surface area (Å²) in [6.45, 7) is 2.08. The number of rotatable bonds is 4. The van der Waals surface area contributed by atoms with E-state index < -0.39 is 0 Å². The van der Waals surface area contributed by atoms with Crippen molar-refractivity contribution in [1.29, 1.82) is 0 Å². The van der Waals surface area contributed by atoms with Crippen molar-refractivity contribution >= 4 is 51.3 Å². The van der Waals surface area contributed by atoms with E-state index in [0.717, 1.165) is 16.3 Å². The van der Waals surface area contributed by atoms with Crippen LogP contribution in [0.4, 0.5) is 5.69 Å². The molecule has 29 heavy (non-hydrogen) atoms. The Hall–Kier alpha value is -3.58. The molecule has 0 unspecified atom stereocenters. The van der Waals surface area contributed by atoms with Crippen molar-refractivity contribution in [2.45, 2.75) is 6.92 Å². The predicted molar refractivity (Wildman–Crippen MR) is 117 cm³/mol. The van der Waals surface area contributed by atoms with Gasteiger partial charge in [-0.3, -0.25) is 10.2 Å². The van der Waals surface area contributed by atoms with Crippen LogP contribution in [0.5, 0.6) is 0 Å². The topological polar surface area (TPSA) is 79.8 Å². The molecule has 0 aliphatic heterocycles. The lowest BCUT2D eigenvalue weighted by Gasteiger charge is -2.08. The second-order valence-electron chi connectivity index (χ2n) is 6.36. The molecule has 144 valence electrons. The van der Waals surface area contributed by atoms with Gasteiger partial charge in [0.2, 0.25) is 5.78 Å². The molecule has 3 aromatic rings. The minimum atomic E-state index is -0.375. The minimum absolute atomic E-state index is 0.133. The largest absolute Gasteiger partial charge is 0.462 e. The number of carbonyl (C=O) groups is 2. The smallest absolute Gasteiger partial charge is 0.338 e. The number of esters is 1. The molecule has 0 heterocycles. The number of nitrogens with zero attached hydrogens (tertiary/aromatic N) is 1. The zero-order chi connectivity index (χ0) is 20.4. The number of hydrogen-bond donors (Lipinski definition) is 2. The Morgan fingerprint density at radius 3 is 2.41 bits per heavy atom. The molecule has 0 saturated heterocycles. The summed E-state index contributed by atoms with van der Waals surface area (Å²) in [4.78, 5) is 24.4. The minimum Gasteiger partial charge on any atom is -0.462 e. The van der Waals surface area contributed by atoms with Crippen molar-refractivity contribution in [2.24, 2.45) is 5.10 Å². The number of thiocarbonyl (C=S) groups is 1. The number of ketones is 1. The fourth-order valence-electron chi connectivity index (χ4n) is 3.26. The maximum Gasteiger partial charge on any atom is 0.338 e. The number of ether oxygens (including phenoxy) is 1. The molecule has 0 fully saturated rings. The Morgan fingerprint density at radius 1 is 1.03 bits per heavy atom. The van der Waals surface area contributed by atoms with Gasteiger partial charge in [0.25, 0.3) is 0 Å². The molecular weight excluding hydrogens is 386 g/mol. The summed E-state index contributed by atoms with van der Waals surface area (Å²) in [5.41, 5.74) is 5.64. The van der Waals surface area contributed by atoms with Crippen LogP contribution in [0.1, 0.15) is 33.2 Å². The van der Waals surface area contributed by atoms with Gasteiger partial charge in [0.15, 0.2) is 5.11 Å². The highest BCUT2D eigenvalue weighted by atomic mass is 32.1. The quantitative estimate of drug-likeness (QED) is 0.391. The Bertz CT molecular complexity index is 1160. The van der Waals surface area contributed by atoms with Crippen molar-refractivity contribution < 1.29 is 14.3 Å². The van der Waals surface area contributed by atoms with Gasteiger partial charge in [-0.25, -0.2) is 4.79 Å². The highest BCUT2D eigenvalue weighted by molar-refractivity contribution is 7.80. The Kier molecular flexibility index (Phi) is 5.05. The molecule has 4 rings (SSSR count). The molecule has 0 aromatic heterocycles. The van der Waals surface area contributed by atoms with Crippen LogP contribution in [-0.2, 0) is 4.74 Å². The summed E-state index contributed by atoms with van der Waals surface area (Å²) in [6, 6.07) is 18.1. The van der Waals surface area contributed by atoms with Crippen LogP contribution in [0, 0.1) is 0 Å². The molecule has 0 atom stereocenters. The molecule has 0 spiro atoms. The van der Waals surface area contributed by atoms with Gasteiger partial charge in [-0.15, -0.1) is 0 Å². The number of hydrogen-bond acceptors (Lipinski definition) is 5. The van der Waals surface area contributed by atoms with Crippen LogP contribution < -0.4 is 10.7 Å². The lowest BCUT2D eigenvalue weighted by atomic mass is 10.1. The van der Waals surface area contributed by atoms with Crippen LogP contribution in [0.3, 0.4) is 0 Å². The van der Waals surface area contributed by atoms with E-state index in [2.05, 4.69) is 15.8 Å². The van der Waals surface area contributed by atoms with Crippen molar-refractivity contribution in [2.75, 3.05) is 11.9 Å². The number of nitrogens with one attached hydrogen (secondary N) is 2. The lowest BCUT2D eigenvalue weighted by Crippen LogP contribution is -2.26. The molecular formula is C22H17N3O3S. The maximum absolute atomic E-state index is 12.7. The van der Waals surface area contributed by atoms with Crippen LogP contribution in [0.2, 0.25) is 0 Å². The SMILES string of the molecule is CCOC(=O)c1ccc(NC(=S)N/N=C2/C(=O)c3cccc4cccc2c34)cc1. The zero-order valence-electron chi connectivity index (χ0n) is 15.6. The van der Waals surface area contributed by atoms with E-state index in [1.54, 1.807) is 37.3 Å². The standard InChI is InChI=1S/C22H17N3O3S/c1-2-28-21(27)14-9-11-15(12-10-14)23-22(29)25-24-19-16-7-3-5-13-6-4-8-17(18(13)16)20(19)26/h3-12H,2H2,1H3,(H2,23,25,29)/b24-19+. The zero-order valence-corrected chi connectivity index (χ0v) is 16.4. The van der Waals surface area contributed by atoms with E-state index in [0.29, 0.717) is 29.1 Å². The average Bonchev–Trinajstić information content (AvgIpc) is 3.01. The fourth-order valence-corrected chi connectivity index (χ4v) is 3.42. The first-order chi connectivity index (χ1) is 14.1. The Morgan fingerprint density at radius 2 is 1.72 bits per heavy atom. The lowest BCUT2D eigenvalue weighted by molar-refractivity contribution is 0.0526. The van der Waals surface area contributed by atoms with Gasteiger partial charge >= 0.3 is 5.97 Å². The second kappa shape index (κ2) is 7.81. The molecule has 0 bridgehead atoms. The third-order valence-corrected chi connectivity index (χ3v) is 4.74. The Labute approximate surface area is 172 Å². The summed E-state index contributed by atoms with van der Waals surface area (Å²) < 4.78 is 4.96. The van der Waals surface area contributed by atoms with E-state index in [9.17, 15) is 9.59 Å². The molecule has 1 aliphatic rings. The van der Waals surface area contributed by atoms with Crippen LogP contribution in [0.15, 0.2) is 65.8 Å². The fraction of sp³-hybridized carbons (Fsp3) is 0.0909. The monoisotopic (exact) mass is 403 g/mol. The van der Waals surface area contributed by atoms with E-state index in [4.69, 9.17) is 17.0 Å². The number of benzene rings is 3. The summed E-state index contributed by atoms with van der Waals surface area (Å²) in [5.74, 6) is -0.509. The number of Topliss-reactive ketones (excluding diaryl/α,β-unsaturated/α-hetero) is 1. The van der Waals surface area contributed by atoms with Gasteiger partial charge in [0, 0.05) is 22.2 Å². The van der Waals surface area contributed by atoms with Crippen LogP contribution in [-0.4, -0.2) is 29.2 Å². The van der Waals surface area contributed by atoms with E-state index in [1.807, 2.05) is 30.3 Å². The van der Waals surface area contributed by atoms with Crippen LogP contribution >= 0.6 is 12.2 Å². The van der Waals surface area contributed by atoms with Crippen molar-refractivity contribution in [1.82, 2.24) is 5.43 Å². The third-order valence-electron chi connectivity index (χ3n) is 4.54. The predicted octanol–water partition coefficient (Wildman–Crippen LogP) is 3.90. The maximum atomic E-state index is 12.7. The molecule has 0 saturated carbocycles. The van der Waals surface area contributed by atoms with Crippen molar-refractivity contribution in [3.63, 3.8) is 0 Å². The molecule has 7 heteroatoms. The molecule has 6 nitrogen and oxygen atoms in total. The van der Waals surface area contributed by atoms with Gasteiger partial charge in [0.05, 0.1) is 12.2 Å². The average molecular weight is 403 g/mol. The number of anilines is 1. The highest BCUT2D eigenvalue weighted by Crippen LogP contribution is 2.30. The molecule has 1 aliphatic carbocycles. The van der Waals surface area contributed by atoms with Gasteiger partial charge in [0.1, 0.15) is 5.71 Å². The molecule has 3 aromatic carbocycles. The third kappa shape index (κ3) is 3.60. The van der Waals surface area contributed by atoms with E-state index in [-0.39, 0.29) is 16.9 Å². The first kappa shape index (κ1) is 18.8. The van der Waals surface area contributed by atoms with Gasteiger partial charge < -0.3 is 10.1 Å². The summed E-state index contributed by atoms with van der Waals surface area (Å²) in [5, 5.41) is 9.37. The van der Waals surface area contributed by atoms with Gasteiger partial charge in [-0.05, 0) is 48.8 Å². The van der Waals surface area contributed by atoms with Crippen LogP contribution in [0.25, 0.3) is 10.8 Å². The highest BCUT2D eigenvalue weighted by Gasteiger charge is 2.28. The first-order valence-electron chi connectivity index (χ1n) is 9.07. The van der Waals surface area contributed by atoms with Crippen molar-refractivity contribution in [3.05, 3.63) is 77.4 Å². The molecule has 0 radical (unpaired) electrons. The first-order valence-corrected chi connectivity index (χ1v) is 9.48. The van der Waals surface area contributed by atoms with Gasteiger partial charge in [-0.1, -0.05) is 36.4 Å². The van der Waals surface area contributed by atoms with Crippen molar-refractivity contribution in [3.8, 4) is 0 Å². The van der Waals surface area contributed by atoms with E-state index in [1.165, 1.54) is 0 Å². The number of hydrazone groups is 1. The summed E-state index contributed by atoms with van der Waals surface area (Å²) >= 11 is 5.27. The second-order valence-corrected chi connectivity index (χ2v) is 6.77. The number of carbonyl (C=O) groups excluding carboxylic acids is 2. The molecule has 2 N–H and O–H groups in total. The summed E-state index contributed by atoms with van der Waals surface area (Å²) in [6.07, 6.45) is 0. The summed E-state index contributed by atoms with van der Waals surface area (Å²) in [7, 11) is 0. The Balaban J connectivity index is 1.48. The molecule has 0 amide bonds. The van der Waals surface area contributed by atoms with E-state index >= 15 is 0 Å². The normalized spacial score (nSPS) is 13.6.